The molecule has 0 bridgehead atoms. The van der Waals surface area contributed by atoms with Gasteiger partial charge in [0.25, 0.3) is 0 Å². The van der Waals surface area contributed by atoms with Crippen LogP contribution in [-0.2, 0) is 0 Å². The van der Waals surface area contributed by atoms with Gasteiger partial charge in [-0.1, -0.05) is 24.3 Å². The second kappa shape index (κ2) is 4.82. The zero-order valence-electron chi connectivity index (χ0n) is 8.77. The normalized spacial score (nSPS) is 12.2. The van der Waals surface area contributed by atoms with Crippen LogP contribution in [0.4, 0.5) is 5.69 Å². The fourth-order valence-corrected chi connectivity index (χ4v) is 1.48. The minimum Gasteiger partial charge on any atom is -0.389 e. The SMILES string of the molecule is C=CCN(C)c1ccccc1C(C)O. The first-order chi connectivity index (χ1) is 6.66. The van der Waals surface area contributed by atoms with Gasteiger partial charge in [0, 0.05) is 24.8 Å². The molecule has 1 atom stereocenters. The van der Waals surface area contributed by atoms with Crippen molar-refractivity contribution < 1.29 is 5.11 Å². The Hall–Kier alpha value is -1.28. The molecule has 0 fully saturated rings. The van der Waals surface area contributed by atoms with Crippen molar-refractivity contribution in [3.8, 4) is 0 Å². The largest absolute Gasteiger partial charge is 0.389 e. The third kappa shape index (κ3) is 2.36. The fraction of sp³-hybridized carbons (Fsp3) is 0.333. The number of nitrogens with zero attached hydrogens (tertiary/aromatic N) is 1. The summed E-state index contributed by atoms with van der Waals surface area (Å²) >= 11 is 0. The molecule has 0 heterocycles. The molecule has 0 aliphatic carbocycles. The van der Waals surface area contributed by atoms with Crippen LogP contribution in [0.3, 0.4) is 0 Å². The summed E-state index contributed by atoms with van der Waals surface area (Å²) in [5, 5.41) is 9.57. The number of rotatable bonds is 4. The van der Waals surface area contributed by atoms with E-state index in [1.165, 1.54) is 0 Å². The van der Waals surface area contributed by atoms with Gasteiger partial charge in [0.15, 0.2) is 0 Å². The molecule has 1 rings (SSSR count). The van der Waals surface area contributed by atoms with Gasteiger partial charge >= 0.3 is 0 Å². The van der Waals surface area contributed by atoms with E-state index in [1.54, 1.807) is 6.92 Å². The van der Waals surface area contributed by atoms with Gasteiger partial charge in [-0.15, -0.1) is 6.58 Å². The maximum atomic E-state index is 9.57. The quantitative estimate of drug-likeness (QED) is 0.738. The number of aliphatic hydroxyl groups excluding tert-OH is 1. The number of hydrogen-bond donors (Lipinski definition) is 1. The highest BCUT2D eigenvalue weighted by Crippen LogP contribution is 2.24. The minimum atomic E-state index is -0.432. The molecule has 1 aromatic carbocycles. The molecule has 0 saturated heterocycles. The first-order valence-electron chi connectivity index (χ1n) is 4.76. The van der Waals surface area contributed by atoms with E-state index in [2.05, 4.69) is 11.5 Å². The second-order valence-electron chi connectivity index (χ2n) is 3.40. The molecule has 0 aliphatic rings. The van der Waals surface area contributed by atoms with Crippen molar-refractivity contribution in [2.24, 2.45) is 0 Å². The Balaban J connectivity index is 2.99. The maximum Gasteiger partial charge on any atom is 0.0781 e. The lowest BCUT2D eigenvalue weighted by molar-refractivity contribution is 0.199. The van der Waals surface area contributed by atoms with Gasteiger partial charge in [-0.05, 0) is 13.0 Å². The molecule has 0 amide bonds. The summed E-state index contributed by atoms with van der Waals surface area (Å²) in [6, 6.07) is 7.86. The zero-order valence-corrected chi connectivity index (χ0v) is 8.77. The average molecular weight is 191 g/mol. The molecule has 2 heteroatoms. The van der Waals surface area contributed by atoms with Crippen molar-refractivity contribution in [2.75, 3.05) is 18.5 Å². The Bertz CT molecular complexity index is 307. The number of para-hydroxylation sites is 1. The first kappa shape index (κ1) is 10.8. The van der Waals surface area contributed by atoms with Crippen LogP contribution in [0.5, 0.6) is 0 Å². The maximum absolute atomic E-state index is 9.57. The highest BCUT2D eigenvalue weighted by Gasteiger charge is 2.09. The Morgan fingerprint density at radius 1 is 1.50 bits per heavy atom. The molecular weight excluding hydrogens is 174 g/mol. The van der Waals surface area contributed by atoms with Gasteiger partial charge in [0.05, 0.1) is 6.10 Å². The molecule has 1 N–H and O–H groups in total. The number of benzene rings is 1. The van der Waals surface area contributed by atoms with Gasteiger partial charge in [0.2, 0.25) is 0 Å². The van der Waals surface area contributed by atoms with Crippen LogP contribution in [0.2, 0.25) is 0 Å². The summed E-state index contributed by atoms with van der Waals surface area (Å²) in [4.78, 5) is 2.06. The standard InChI is InChI=1S/C12H17NO/c1-4-9-13(3)12-8-6-5-7-11(12)10(2)14/h4-8,10,14H,1,9H2,2-3H3. The van der Waals surface area contributed by atoms with Crippen LogP contribution in [-0.4, -0.2) is 18.7 Å². The third-order valence-corrected chi connectivity index (χ3v) is 2.20. The predicted octanol–water partition coefficient (Wildman–Crippen LogP) is 2.36. The molecule has 1 aromatic rings. The Kier molecular flexibility index (Phi) is 3.72. The van der Waals surface area contributed by atoms with Crippen LogP contribution < -0.4 is 4.90 Å². The smallest absolute Gasteiger partial charge is 0.0781 e. The molecule has 0 aliphatic heterocycles. The number of likely N-dealkylation sites (N-methyl/N-ethyl adjacent to an activating group) is 1. The molecule has 0 aromatic heterocycles. The van der Waals surface area contributed by atoms with E-state index in [0.717, 1.165) is 17.8 Å². The summed E-state index contributed by atoms with van der Waals surface area (Å²) in [5.74, 6) is 0. The van der Waals surface area contributed by atoms with E-state index < -0.39 is 6.10 Å². The van der Waals surface area contributed by atoms with E-state index in [9.17, 15) is 5.11 Å². The number of aliphatic hydroxyl groups is 1. The van der Waals surface area contributed by atoms with Crippen molar-refractivity contribution >= 4 is 5.69 Å². The highest BCUT2D eigenvalue weighted by atomic mass is 16.3. The summed E-state index contributed by atoms with van der Waals surface area (Å²) in [6.07, 6.45) is 1.41. The summed E-state index contributed by atoms with van der Waals surface area (Å²) in [6.45, 7) is 6.26. The van der Waals surface area contributed by atoms with Crippen molar-refractivity contribution in [3.63, 3.8) is 0 Å². The lowest BCUT2D eigenvalue weighted by atomic mass is 10.1. The molecule has 0 saturated carbocycles. The Morgan fingerprint density at radius 3 is 2.71 bits per heavy atom. The zero-order chi connectivity index (χ0) is 10.6. The van der Waals surface area contributed by atoms with Gasteiger partial charge in [-0.25, -0.2) is 0 Å². The Labute approximate surface area is 85.5 Å². The highest BCUT2D eigenvalue weighted by molar-refractivity contribution is 5.54. The molecule has 0 spiro atoms. The molecule has 1 unspecified atom stereocenters. The molecule has 0 radical (unpaired) electrons. The van der Waals surface area contributed by atoms with Crippen LogP contribution in [0.1, 0.15) is 18.6 Å². The van der Waals surface area contributed by atoms with E-state index in [1.807, 2.05) is 37.4 Å². The van der Waals surface area contributed by atoms with Gasteiger partial charge in [-0.3, -0.25) is 0 Å². The minimum absolute atomic E-state index is 0.432. The van der Waals surface area contributed by atoms with Gasteiger partial charge in [0.1, 0.15) is 0 Å². The van der Waals surface area contributed by atoms with E-state index in [4.69, 9.17) is 0 Å². The monoisotopic (exact) mass is 191 g/mol. The summed E-state index contributed by atoms with van der Waals surface area (Å²) in [5.41, 5.74) is 2.01. The molecule has 76 valence electrons. The van der Waals surface area contributed by atoms with Crippen molar-refractivity contribution in [1.82, 2.24) is 0 Å². The predicted molar refractivity (Wildman–Crippen MR) is 60.5 cm³/mol. The van der Waals surface area contributed by atoms with Crippen molar-refractivity contribution in [2.45, 2.75) is 13.0 Å². The summed E-state index contributed by atoms with van der Waals surface area (Å²) in [7, 11) is 1.99. The van der Waals surface area contributed by atoms with Crippen molar-refractivity contribution in [3.05, 3.63) is 42.5 Å². The molecule has 2 nitrogen and oxygen atoms in total. The first-order valence-corrected chi connectivity index (χ1v) is 4.76. The summed E-state index contributed by atoms with van der Waals surface area (Å²) < 4.78 is 0. The van der Waals surface area contributed by atoms with E-state index in [-0.39, 0.29) is 0 Å². The number of anilines is 1. The second-order valence-corrected chi connectivity index (χ2v) is 3.40. The van der Waals surface area contributed by atoms with Gasteiger partial charge in [-0.2, -0.15) is 0 Å². The van der Waals surface area contributed by atoms with Crippen LogP contribution >= 0.6 is 0 Å². The topological polar surface area (TPSA) is 23.5 Å². The van der Waals surface area contributed by atoms with Crippen LogP contribution in [0.15, 0.2) is 36.9 Å². The lowest BCUT2D eigenvalue weighted by Gasteiger charge is -2.22. The van der Waals surface area contributed by atoms with Crippen LogP contribution in [0, 0.1) is 0 Å². The van der Waals surface area contributed by atoms with E-state index >= 15 is 0 Å². The molecule has 14 heavy (non-hydrogen) atoms. The van der Waals surface area contributed by atoms with Crippen molar-refractivity contribution in [1.29, 1.82) is 0 Å². The fourth-order valence-electron chi connectivity index (χ4n) is 1.48. The average Bonchev–Trinajstić information content (AvgIpc) is 2.18. The van der Waals surface area contributed by atoms with Crippen LogP contribution in [0.25, 0.3) is 0 Å². The lowest BCUT2D eigenvalue weighted by Crippen LogP contribution is -2.18. The number of hydrogen-bond acceptors (Lipinski definition) is 2. The van der Waals surface area contributed by atoms with Gasteiger partial charge < -0.3 is 10.0 Å². The Morgan fingerprint density at radius 2 is 2.14 bits per heavy atom. The molecular formula is C12H17NO. The van der Waals surface area contributed by atoms with E-state index in [0.29, 0.717) is 0 Å². The third-order valence-electron chi connectivity index (χ3n) is 2.20.